The van der Waals surface area contributed by atoms with Gasteiger partial charge in [-0.05, 0) is 19.2 Å². The lowest BCUT2D eigenvalue weighted by atomic mass is 10.2. The Morgan fingerprint density at radius 2 is 2.17 bits per heavy atom. The van der Waals surface area contributed by atoms with Crippen molar-refractivity contribution in [1.29, 1.82) is 0 Å². The summed E-state index contributed by atoms with van der Waals surface area (Å²) >= 11 is 5.65. The molecule has 0 aliphatic heterocycles. The standard InChI is InChI=1S/C9H12ClN3O4S/c1-11-18(16,17)3-2-12-8-5-6(9(14)15)4-7(10)13-8/h4-5,11H,2-3H2,1H3,(H,12,13)(H,14,15). The number of rotatable bonds is 6. The van der Waals surface area contributed by atoms with Crippen LogP contribution in [0.25, 0.3) is 0 Å². The van der Waals surface area contributed by atoms with E-state index in [2.05, 4.69) is 15.0 Å². The van der Waals surface area contributed by atoms with Crippen molar-refractivity contribution in [3.05, 3.63) is 22.8 Å². The van der Waals surface area contributed by atoms with Crippen LogP contribution in [0.4, 0.5) is 5.82 Å². The van der Waals surface area contributed by atoms with Crippen LogP contribution in [-0.2, 0) is 10.0 Å². The lowest BCUT2D eigenvalue weighted by Gasteiger charge is -2.07. The lowest BCUT2D eigenvalue weighted by Crippen LogP contribution is -2.26. The summed E-state index contributed by atoms with van der Waals surface area (Å²) < 4.78 is 24.4. The molecule has 100 valence electrons. The first-order valence-electron chi connectivity index (χ1n) is 4.90. The summed E-state index contributed by atoms with van der Waals surface area (Å²) in [5, 5.41) is 11.5. The number of aromatic nitrogens is 1. The first-order valence-corrected chi connectivity index (χ1v) is 6.93. The highest BCUT2D eigenvalue weighted by Gasteiger charge is 2.09. The Labute approximate surface area is 109 Å². The van der Waals surface area contributed by atoms with Crippen molar-refractivity contribution in [1.82, 2.24) is 9.71 Å². The number of pyridine rings is 1. The minimum Gasteiger partial charge on any atom is -0.478 e. The number of anilines is 1. The first-order chi connectivity index (χ1) is 8.34. The van der Waals surface area contributed by atoms with Gasteiger partial charge >= 0.3 is 5.97 Å². The molecule has 1 aromatic heterocycles. The van der Waals surface area contributed by atoms with E-state index in [1.165, 1.54) is 19.2 Å². The molecule has 18 heavy (non-hydrogen) atoms. The second-order valence-electron chi connectivity index (χ2n) is 3.32. The Hall–Kier alpha value is -1.38. The summed E-state index contributed by atoms with van der Waals surface area (Å²) in [5.41, 5.74) is -0.0195. The van der Waals surface area contributed by atoms with Crippen LogP contribution >= 0.6 is 11.6 Å². The van der Waals surface area contributed by atoms with E-state index in [1.807, 2.05) is 0 Å². The number of carboxylic acid groups (broad SMARTS) is 1. The fourth-order valence-electron chi connectivity index (χ4n) is 1.13. The van der Waals surface area contributed by atoms with Crippen molar-refractivity contribution < 1.29 is 18.3 Å². The first kappa shape index (κ1) is 14.7. The van der Waals surface area contributed by atoms with Crippen LogP contribution in [-0.4, -0.2) is 43.8 Å². The second kappa shape index (κ2) is 5.98. The van der Waals surface area contributed by atoms with Crippen molar-refractivity contribution in [2.75, 3.05) is 24.7 Å². The molecular weight excluding hydrogens is 282 g/mol. The van der Waals surface area contributed by atoms with Gasteiger partial charge in [0.2, 0.25) is 10.0 Å². The van der Waals surface area contributed by atoms with E-state index in [9.17, 15) is 13.2 Å². The molecule has 0 saturated carbocycles. The van der Waals surface area contributed by atoms with E-state index in [4.69, 9.17) is 16.7 Å². The molecule has 0 aliphatic carbocycles. The highest BCUT2D eigenvalue weighted by molar-refractivity contribution is 7.89. The average Bonchev–Trinajstić information content (AvgIpc) is 2.28. The fourth-order valence-corrected chi connectivity index (χ4v) is 1.91. The molecule has 0 spiro atoms. The van der Waals surface area contributed by atoms with Gasteiger partial charge in [0.05, 0.1) is 11.3 Å². The maximum absolute atomic E-state index is 11.1. The molecule has 9 heteroatoms. The monoisotopic (exact) mass is 293 g/mol. The summed E-state index contributed by atoms with van der Waals surface area (Å²) in [6, 6.07) is 2.49. The Bertz CT molecular complexity index is 547. The molecule has 1 rings (SSSR count). The molecule has 0 amide bonds. The zero-order chi connectivity index (χ0) is 13.8. The largest absolute Gasteiger partial charge is 0.478 e. The molecule has 0 radical (unpaired) electrons. The van der Waals surface area contributed by atoms with E-state index in [0.29, 0.717) is 0 Å². The van der Waals surface area contributed by atoms with Crippen molar-refractivity contribution in [3.8, 4) is 0 Å². The summed E-state index contributed by atoms with van der Waals surface area (Å²) in [6.45, 7) is 0.0928. The van der Waals surface area contributed by atoms with Gasteiger partial charge in [-0.15, -0.1) is 0 Å². The average molecular weight is 294 g/mol. The van der Waals surface area contributed by atoms with Crippen LogP contribution in [0.3, 0.4) is 0 Å². The third-order valence-electron chi connectivity index (χ3n) is 2.03. The van der Waals surface area contributed by atoms with Crippen LogP contribution in [0.2, 0.25) is 5.15 Å². The van der Waals surface area contributed by atoms with Gasteiger partial charge in [0.15, 0.2) is 0 Å². The van der Waals surface area contributed by atoms with Gasteiger partial charge < -0.3 is 10.4 Å². The topological polar surface area (TPSA) is 108 Å². The quantitative estimate of drug-likeness (QED) is 0.655. The predicted molar refractivity (Wildman–Crippen MR) is 67.5 cm³/mol. The van der Waals surface area contributed by atoms with E-state index in [-0.39, 0.29) is 28.8 Å². The van der Waals surface area contributed by atoms with Gasteiger partial charge in [-0.2, -0.15) is 0 Å². The Morgan fingerprint density at radius 1 is 1.50 bits per heavy atom. The van der Waals surface area contributed by atoms with Crippen molar-refractivity contribution >= 4 is 33.4 Å². The van der Waals surface area contributed by atoms with Crippen molar-refractivity contribution in [2.24, 2.45) is 0 Å². The third kappa shape index (κ3) is 4.47. The summed E-state index contributed by atoms with van der Waals surface area (Å²) in [6.07, 6.45) is 0. The van der Waals surface area contributed by atoms with Crippen LogP contribution in [0, 0.1) is 0 Å². The molecule has 1 heterocycles. The van der Waals surface area contributed by atoms with Gasteiger partial charge in [-0.25, -0.2) is 22.9 Å². The Kier molecular flexibility index (Phi) is 4.88. The minimum absolute atomic E-state index is 0.0195. The molecule has 0 saturated heterocycles. The van der Waals surface area contributed by atoms with Crippen molar-refractivity contribution in [2.45, 2.75) is 0 Å². The molecule has 0 aliphatic rings. The highest BCUT2D eigenvalue weighted by Crippen LogP contribution is 2.14. The van der Waals surface area contributed by atoms with E-state index in [1.54, 1.807) is 0 Å². The molecule has 0 unspecified atom stereocenters. The maximum atomic E-state index is 11.1. The molecule has 1 aromatic rings. The van der Waals surface area contributed by atoms with Gasteiger partial charge in [0, 0.05) is 6.54 Å². The smallest absolute Gasteiger partial charge is 0.335 e. The van der Waals surface area contributed by atoms with E-state index in [0.717, 1.165) is 0 Å². The number of hydrogen-bond acceptors (Lipinski definition) is 5. The molecule has 0 bridgehead atoms. The zero-order valence-corrected chi connectivity index (χ0v) is 11.0. The van der Waals surface area contributed by atoms with Crippen LogP contribution in [0.15, 0.2) is 12.1 Å². The minimum atomic E-state index is -3.32. The molecular formula is C9H12ClN3O4S. The number of carboxylic acids is 1. The molecule has 0 aromatic carbocycles. The van der Waals surface area contributed by atoms with Gasteiger partial charge in [-0.1, -0.05) is 11.6 Å². The molecule has 7 nitrogen and oxygen atoms in total. The zero-order valence-electron chi connectivity index (χ0n) is 9.47. The number of nitrogens with one attached hydrogen (secondary N) is 2. The predicted octanol–water partition coefficient (Wildman–Crippen LogP) is 0.394. The molecule has 0 fully saturated rings. The summed E-state index contributed by atoms with van der Waals surface area (Å²) in [4.78, 5) is 14.6. The number of sulfonamides is 1. The van der Waals surface area contributed by atoms with Crippen molar-refractivity contribution in [3.63, 3.8) is 0 Å². The van der Waals surface area contributed by atoms with Crippen LogP contribution in [0.1, 0.15) is 10.4 Å². The number of hydrogen-bond donors (Lipinski definition) is 3. The maximum Gasteiger partial charge on any atom is 0.335 e. The third-order valence-corrected chi connectivity index (χ3v) is 3.59. The second-order valence-corrected chi connectivity index (χ2v) is 5.75. The molecule has 3 N–H and O–H groups in total. The number of carbonyl (C=O) groups is 1. The van der Waals surface area contributed by atoms with Gasteiger partial charge in [0.1, 0.15) is 11.0 Å². The van der Waals surface area contributed by atoms with E-state index < -0.39 is 16.0 Å². The number of halogens is 1. The van der Waals surface area contributed by atoms with E-state index >= 15 is 0 Å². The highest BCUT2D eigenvalue weighted by atomic mass is 35.5. The van der Waals surface area contributed by atoms with Gasteiger partial charge in [0.25, 0.3) is 0 Å². The number of nitrogens with zero attached hydrogens (tertiary/aromatic N) is 1. The normalized spacial score (nSPS) is 11.2. The fraction of sp³-hybridized carbons (Fsp3) is 0.333. The number of aromatic carboxylic acids is 1. The summed E-state index contributed by atoms with van der Waals surface area (Å²) in [5.74, 6) is -1.07. The Morgan fingerprint density at radius 3 is 2.72 bits per heavy atom. The van der Waals surface area contributed by atoms with Gasteiger partial charge in [-0.3, -0.25) is 0 Å². The van der Waals surface area contributed by atoms with Crippen LogP contribution < -0.4 is 10.0 Å². The molecule has 0 atom stereocenters. The lowest BCUT2D eigenvalue weighted by molar-refractivity contribution is 0.0697. The summed E-state index contributed by atoms with van der Waals surface area (Å²) in [7, 11) is -2.00. The SMILES string of the molecule is CNS(=O)(=O)CCNc1cc(C(=O)O)cc(Cl)n1. The Balaban J connectivity index is 2.71. The van der Waals surface area contributed by atoms with Crippen LogP contribution in [0.5, 0.6) is 0 Å².